The molecule has 0 aliphatic carbocycles. The van der Waals surface area contributed by atoms with Gasteiger partial charge in [-0.25, -0.2) is 8.78 Å². The number of allylic oxidation sites excluding steroid dienone is 2. The van der Waals surface area contributed by atoms with Gasteiger partial charge in [0.25, 0.3) is 0 Å². The lowest BCUT2D eigenvalue weighted by Crippen LogP contribution is -1.93. The first kappa shape index (κ1) is 13.3. The van der Waals surface area contributed by atoms with Crippen LogP contribution in [0.15, 0.2) is 11.7 Å². The maximum absolute atomic E-state index is 12.8. The number of ketones is 1. The van der Waals surface area contributed by atoms with Gasteiger partial charge in [0.05, 0.1) is 0 Å². The topological polar surface area (TPSA) is 17.1 Å². The van der Waals surface area contributed by atoms with E-state index in [0.29, 0.717) is 6.42 Å². The van der Waals surface area contributed by atoms with Gasteiger partial charge in [-0.05, 0) is 6.42 Å². The molecule has 0 rings (SSSR count). The highest BCUT2D eigenvalue weighted by atomic mass is 19.2. The average molecular weight is 204 g/mol. The number of rotatable bonds is 7. The highest BCUT2D eigenvalue weighted by molar-refractivity contribution is 5.91. The Kier molecular flexibility index (Phi) is 7.25. The Hall–Kier alpha value is -0.730. The Balaban J connectivity index is 3.68. The molecule has 0 spiro atoms. The Morgan fingerprint density at radius 2 is 1.64 bits per heavy atom. The van der Waals surface area contributed by atoms with Crippen LogP contribution >= 0.6 is 0 Å². The molecule has 0 aliphatic heterocycles. The summed E-state index contributed by atoms with van der Waals surface area (Å²) in [6, 6.07) is 0. The molecule has 0 aromatic carbocycles. The quantitative estimate of drug-likeness (QED) is 0.451. The third kappa shape index (κ3) is 5.84. The molecule has 14 heavy (non-hydrogen) atoms. The molecule has 0 atom stereocenters. The maximum Gasteiger partial charge on any atom is 0.197 e. The van der Waals surface area contributed by atoms with Crippen LogP contribution in [0, 0.1) is 0 Å². The molecule has 0 aromatic rings. The van der Waals surface area contributed by atoms with E-state index >= 15 is 0 Å². The first-order valence-corrected chi connectivity index (χ1v) is 5.14. The van der Waals surface area contributed by atoms with E-state index in [0.717, 1.165) is 32.6 Å². The SMILES string of the molecule is CCCCCCC/C(F)=C(\F)C(C)=O. The van der Waals surface area contributed by atoms with Gasteiger partial charge >= 0.3 is 0 Å². The minimum Gasteiger partial charge on any atom is -0.292 e. The molecule has 0 amide bonds. The number of unbranched alkanes of at least 4 members (excludes halogenated alkanes) is 4. The van der Waals surface area contributed by atoms with Crippen LogP contribution in [0.5, 0.6) is 0 Å². The molecule has 0 N–H and O–H groups in total. The Bertz CT molecular complexity index is 209. The largest absolute Gasteiger partial charge is 0.292 e. The van der Waals surface area contributed by atoms with Crippen molar-refractivity contribution in [3.05, 3.63) is 11.7 Å². The third-order valence-electron chi connectivity index (χ3n) is 2.05. The summed E-state index contributed by atoms with van der Waals surface area (Å²) in [5.41, 5.74) is 0. The predicted molar refractivity (Wildman–Crippen MR) is 53.3 cm³/mol. The van der Waals surface area contributed by atoms with Gasteiger partial charge in [0, 0.05) is 13.3 Å². The summed E-state index contributed by atoms with van der Waals surface area (Å²) in [5, 5.41) is 0. The van der Waals surface area contributed by atoms with Crippen LogP contribution in [0.4, 0.5) is 8.78 Å². The molecule has 0 aliphatic rings. The lowest BCUT2D eigenvalue weighted by atomic mass is 10.1. The first-order valence-electron chi connectivity index (χ1n) is 5.14. The van der Waals surface area contributed by atoms with Crippen molar-refractivity contribution in [3.63, 3.8) is 0 Å². The fourth-order valence-corrected chi connectivity index (χ4v) is 1.18. The molecule has 0 fully saturated rings. The van der Waals surface area contributed by atoms with E-state index in [9.17, 15) is 13.6 Å². The third-order valence-corrected chi connectivity index (χ3v) is 2.05. The van der Waals surface area contributed by atoms with Crippen molar-refractivity contribution >= 4 is 5.78 Å². The second-order valence-corrected chi connectivity index (χ2v) is 3.44. The standard InChI is InChI=1S/C11H18F2O/c1-3-4-5-6-7-8-10(12)11(13)9(2)14/h3-8H2,1-2H3/b11-10+. The van der Waals surface area contributed by atoms with Gasteiger partial charge in [-0.1, -0.05) is 32.6 Å². The molecule has 0 saturated carbocycles. The number of Topliss-reactive ketones (excluding diaryl/α,β-unsaturated/α-hetero) is 1. The molecule has 1 nitrogen and oxygen atoms in total. The zero-order valence-electron chi connectivity index (χ0n) is 8.91. The Morgan fingerprint density at radius 3 is 2.14 bits per heavy atom. The Morgan fingerprint density at radius 1 is 1.07 bits per heavy atom. The molecular weight excluding hydrogens is 186 g/mol. The normalized spacial score (nSPS) is 12.6. The number of hydrogen-bond donors (Lipinski definition) is 0. The second-order valence-electron chi connectivity index (χ2n) is 3.44. The van der Waals surface area contributed by atoms with Crippen molar-refractivity contribution in [2.24, 2.45) is 0 Å². The van der Waals surface area contributed by atoms with Gasteiger partial charge < -0.3 is 0 Å². The number of hydrogen-bond acceptors (Lipinski definition) is 1. The zero-order valence-corrected chi connectivity index (χ0v) is 8.91. The van der Waals surface area contributed by atoms with Crippen LogP contribution in [0.3, 0.4) is 0 Å². The van der Waals surface area contributed by atoms with Crippen molar-refractivity contribution in [2.75, 3.05) is 0 Å². The molecule has 0 bridgehead atoms. The molecule has 0 heterocycles. The van der Waals surface area contributed by atoms with Crippen molar-refractivity contribution in [1.29, 1.82) is 0 Å². The van der Waals surface area contributed by atoms with Gasteiger partial charge in [-0.3, -0.25) is 4.79 Å². The van der Waals surface area contributed by atoms with Crippen LogP contribution in [0.2, 0.25) is 0 Å². The second kappa shape index (κ2) is 7.65. The highest BCUT2D eigenvalue weighted by Gasteiger charge is 2.09. The minimum absolute atomic E-state index is 0.0507. The average Bonchev–Trinajstić information content (AvgIpc) is 2.16. The van der Waals surface area contributed by atoms with Gasteiger partial charge in [0.15, 0.2) is 11.6 Å². The number of halogens is 2. The lowest BCUT2D eigenvalue weighted by Gasteiger charge is -1.99. The summed E-state index contributed by atoms with van der Waals surface area (Å²) < 4.78 is 25.5. The minimum atomic E-state index is -1.21. The van der Waals surface area contributed by atoms with E-state index in [1.165, 1.54) is 0 Å². The number of carbonyl (C=O) groups is 1. The van der Waals surface area contributed by atoms with E-state index in [1.54, 1.807) is 0 Å². The summed E-state index contributed by atoms with van der Waals surface area (Å²) in [5.74, 6) is -2.93. The van der Waals surface area contributed by atoms with E-state index in [-0.39, 0.29) is 6.42 Å². The van der Waals surface area contributed by atoms with Crippen LogP contribution in [0.25, 0.3) is 0 Å². The Labute approximate surface area is 84.2 Å². The molecule has 0 unspecified atom stereocenters. The van der Waals surface area contributed by atoms with E-state index in [4.69, 9.17) is 0 Å². The van der Waals surface area contributed by atoms with Gasteiger partial charge in [0.1, 0.15) is 5.83 Å². The zero-order chi connectivity index (χ0) is 11.0. The smallest absolute Gasteiger partial charge is 0.197 e. The highest BCUT2D eigenvalue weighted by Crippen LogP contribution is 2.17. The fourth-order valence-electron chi connectivity index (χ4n) is 1.18. The van der Waals surface area contributed by atoms with Crippen molar-refractivity contribution in [3.8, 4) is 0 Å². The predicted octanol–water partition coefficient (Wildman–Crippen LogP) is 4.09. The van der Waals surface area contributed by atoms with Gasteiger partial charge in [-0.15, -0.1) is 0 Å². The molecule has 0 radical (unpaired) electrons. The summed E-state index contributed by atoms with van der Waals surface area (Å²) >= 11 is 0. The molecule has 82 valence electrons. The summed E-state index contributed by atoms with van der Waals surface area (Å²) in [4.78, 5) is 10.4. The van der Waals surface area contributed by atoms with Crippen molar-refractivity contribution in [2.45, 2.75) is 52.4 Å². The van der Waals surface area contributed by atoms with Crippen LogP contribution in [0.1, 0.15) is 52.4 Å². The summed E-state index contributed by atoms with van der Waals surface area (Å²) in [6.07, 6.45) is 4.86. The van der Waals surface area contributed by atoms with Crippen molar-refractivity contribution in [1.82, 2.24) is 0 Å². The summed E-state index contributed by atoms with van der Waals surface area (Å²) in [6.45, 7) is 3.13. The lowest BCUT2D eigenvalue weighted by molar-refractivity contribution is -0.115. The van der Waals surface area contributed by atoms with E-state index < -0.39 is 17.4 Å². The first-order chi connectivity index (χ1) is 6.59. The molecular formula is C11H18F2O. The van der Waals surface area contributed by atoms with E-state index in [1.807, 2.05) is 0 Å². The maximum atomic E-state index is 12.8. The van der Waals surface area contributed by atoms with Crippen LogP contribution in [-0.2, 0) is 4.79 Å². The van der Waals surface area contributed by atoms with Gasteiger partial charge in [0.2, 0.25) is 0 Å². The molecule has 0 saturated heterocycles. The van der Waals surface area contributed by atoms with Gasteiger partial charge in [-0.2, -0.15) is 0 Å². The number of carbonyl (C=O) groups excluding carboxylic acids is 1. The van der Waals surface area contributed by atoms with Crippen LogP contribution in [-0.4, -0.2) is 5.78 Å². The van der Waals surface area contributed by atoms with Crippen molar-refractivity contribution < 1.29 is 13.6 Å². The summed E-state index contributed by atoms with van der Waals surface area (Å²) in [7, 11) is 0. The fraction of sp³-hybridized carbons (Fsp3) is 0.727. The van der Waals surface area contributed by atoms with Crippen LogP contribution < -0.4 is 0 Å². The monoisotopic (exact) mass is 204 g/mol. The molecule has 0 aromatic heterocycles. The van der Waals surface area contributed by atoms with E-state index in [2.05, 4.69) is 6.92 Å². The molecule has 3 heteroatoms.